The number of phenols is 1. The van der Waals surface area contributed by atoms with Crippen molar-refractivity contribution in [2.45, 2.75) is 180 Å². The fourth-order valence-electron chi connectivity index (χ4n) is 5.40. The highest BCUT2D eigenvalue weighted by molar-refractivity contribution is 5.53. The molecule has 0 saturated heterocycles. The van der Waals surface area contributed by atoms with E-state index in [2.05, 4.69) is 6.92 Å². The van der Waals surface area contributed by atoms with Crippen molar-refractivity contribution in [1.82, 2.24) is 0 Å². The van der Waals surface area contributed by atoms with E-state index in [4.69, 9.17) is 5.73 Å². The molecule has 0 aromatic heterocycles. The second-order valence-electron chi connectivity index (χ2n) is 11.5. The molecule has 36 heavy (non-hydrogen) atoms. The Hall–Kier alpha value is -1.18. The number of nitrogens with two attached hydrogens (primary N) is 1. The molecule has 0 unspecified atom stereocenters. The average Bonchev–Trinajstić information content (AvgIpc) is 2.88. The molecule has 2 heteroatoms. The van der Waals surface area contributed by atoms with Gasteiger partial charge in [0.1, 0.15) is 5.75 Å². The standard InChI is InChI=1S/C34H63NO/c1-2-3-4-5-6-7-8-9-10-11-12-13-14-15-16-17-18-19-20-21-22-23-24-25-26-27-28-32-29-30-34(36)33(35)31-32/h29-31,36H,2-28,35H2,1H3. The molecule has 0 amide bonds. The van der Waals surface area contributed by atoms with Crippen molar-refractivity contribution in [3.63, 3.8) is 0 Å². The van der Waals surface area contributed by atoms with Crippen LogP contribution in [0.25, 0.3) is 0 Å². The van der Waals surface area contributed by atoms with Gasteiger partial charge in [0, 0.05) is 0 Å². The molecule has 0 fully saturated rings. The van der Waals surface area contributed by atoms with Gasteiger partial charge >= 0.3 is 0 Å². The highest BCUT2D eigenvalue weighted by Gasteiger charge is 2.00. The Kier molecular flexibility index (Phi) is 23.2. The lowest BCUT2D eigenvalue weighted by molar-refractivity contribution is 0.477. The van der Waals surface area contributed by atoms with E-state index in [1.807, 2.05) is 12.1 Å². The quantitative estimate of drug-likeness (QED) is 0.0715. The second kappa shape index (κ2) is 25.5. The van der Waals surface area contributed by atoms with Crippen LogP contribution >= 0.6 is 0 Å². The summed E-state index contributed by atoms with van der Waals surface area (Å²) in [5.41, 5.74) is 7.51. The third kappa shape index (κ3) is 21.0. The zero-order chi connectivity index (χ0) is 25.9. The lowest BCUT2D eigenvalue weighted by Crippen LogP contribution is -1.91. The summed E-state index contributed by atoms with van der Waals surface area (Å²) in [6.45, 7) is 2.30. The van der Waals surface area contributed by atoms with Crippen LogP contribution < -0.4 is 5.73 Å². The minimum Gasteiger partial charge on any atom is -0.506 e. The van der Waals surface area contributed by atoms with Crippen molar-refractivity contribution in [2.75, 3.05) is 5.73 Å². The summed E-state index contributed by atoms with van der Waals surface area (Å²) >= 11 is 0. The van der Waals surface area contributed by atoms with Gasteiger partial charge in [-0.2, -0.15) is 0 Å². The molecule has 0 radical (unpaired) electrons. The molecule has 0 aliphatic carbocycles. The van der Waals surface area contributed by atoms with Gasteiger partial charge in [-0.3, -0.25) is 0 Å². The van der Waals surface area contributed by atoms with Crippen molar-refractivity contribution in [1.29, 1.82) is 0 Å². The molecule has 3 N–H and O–H groups in total. The van der Waals surface area contributed by atoms with E-state index in [0.717, 1.165) is 6.42 Å². The molecular weight excluding hydrogens is 438 g/mol. The third-order valence-electron chi connectivity index (χ3n) is 7.91. The largest absolute Gasteiger partial charge is 0.506 e. The van der Waals surface area contributed by atoms with Gasteiger partial charge in [0.25, 0.3) is 0 Å². The Morgan fingerprint density at radius 2 is 0.778 bits per heavy atom. The molecule has 0 aliphatic rings. The van der Waals surface area contributed by atoms with Crippen molar-refractivity contribution < 1.29 is 5.11 Å². The van der Waals surface area contributed by atoms with Gasteiger partial charge in [-0.1, -0.05) is 174 Å². The van der Waals surface area contributed by atoms with Crippen LogP contribution in [0.5, 0.6) is 5.75 Å². The van der Waals surface area contributed by atoms with Gasteiger partial charge in [0.2, 0.25) is 0 Å². The third-order valence-corrected chi connectivity index (χ3v) is 7.91. The zero-order valence-electron chi connectivity index (χ0n) is 24.3. The van der Waals surface area contributed by atoms with E-state index in [9.17, 15) is 5.11 Å². The number of unbranched alkanes of at least 4 members (excludes halogenated alkanes) is 25. The lowest BCUT2D eigenvalue weighted by atomic mass is 10.0. The van der Waals surface area contributed by atoms with Crippen LogP contribution in [0.3, 0.4) is 0 Å². The van der Waals surface area contributed by atoms with Crippen LogP contribution in [-0.4, -0.2) is 5.11 Å². The minimum atomic E-state index is 0.198. The summed E-state index contributed by atoms with van der Waals surface area (Å²) in [5, 5.41) is 9.49. The van der Waals surface area contributed by atoms with Crippen molar-refractivity contribution in [3.05, 3.63) is 23.8 Å². The van der Waals surface area contributed by atoms with Crippen molar-refractivity contribution >= 4 is 5.69 Å². The van der Waals surface area contributed by atoms with Gasteiger partial charge in [-0.15, -0.1) is 0 Å². The van der Waals surface area contributed by atoms with E-state index in [1.165, 1.54) is 173 Å². The Balaban J connectivity index is 1.68. The van der Waals surface area contributed by atoms with Crippen molar-refractivity contribution in [2.24, 2.45) is 0 Å². The summed E-state index contributed by atoms with van der Waals surface area (Å²) in [4.78, 5) is 0. The summed E-state index contributed by atoms with van der Waals surface area (Å²) in [5.74, 6) is 0.198. The lowest BCUT2D eigenvalue weighted by Gasteiger charge is -2.05. The molecular formula is C34H63NO. The molecule has 0 bridgehead atoms. The Bertz CT molecular complexity index is 585. The Labute approximate surface area is 226 Å². The average molecular weight is 502 g/mol. The van der Waals surface area contributed by atoms with Crippen molar-refractivity contribution in [3.8, 4) is 5.75 Å². The molecule has 0 saturated carbocycles. The van der Waals surface area contributed by atoms with Crippen LogP contribution in [0.4, 0.5) is 5.69 Å². The maximum absolute atomic E-state index is 9.49. The minimum absolute atomic E-state index is 0.198. The SMILES string of the molecule is CCCCCCCCCCCCCCCCCCCCCCCCCCCCc1ccc(O)c(N)c1. The normalized spacial score (nSPS) is 11.4. The summed E-state index contributed by atoms with van der Waals surface area (Å²) in [6, 6.07) is 5.62. The summed E-state index contributed by atoms with van der Waals surface area (Å²) < 4.78 is 0. The van der Waals surface area contributed by atoms with Crippen LogP contribution in [-0.2, 0) is 6.42 Å². The number of anilines is 1. The van der Waals surface area contributed by atoms with Gasteiger partial charge in [0.15, 0.2) is 0 Å². The molecule has 0 spiro atoms. The topological polar surface area (TPSA) is 46.2 Å². The first-order valence-corrected chi connectivity index (χ1v) is 16.3. The van der Waals surface area contributed by atoms with E-state index in [1.54, 1.807) is 6.07 Å². The first kappa shape index (κ1) is 32.8. The number of aromatic hydroxyl groups is 1. The molecule has 0 atom stereocenters. The van der Waals surface area contributed by atoms with Crippen LogP contribution in [0.15, 0.2) is 18.2 Å². The fourth-order valence-corrected chi connectivity index (χ4v) is 5.40. The number of hydrogen-bond acceptors (Lipinski definition) is 2. The summed E-state index contributed by atoms with van der Waals surface area (Å²) in [7, 11) is 0. The number of aryl methyl sites for hydroxylation is 1. The van der Waals surface area contributed by atoms with E-state index in [0.29, 0.717) is 5.69 Å². The number of nitrogen functional groups attached to an aromatic ring is 1. The van der Waals surface area contributed by atoms with Crippen LogP contribution in [0.2, 0.25) is 0 Å². The molecule has 210 valence electrons. The van der Waals surface area contributed by atoms with Crippen LogP contribution in [0.1, 0.15) is 179 Å². The zero-order valence-corrected chi connectivity index (χ0v) is 24.3. The number of hydrogen-bond donors (Lipinski definition) is 2. The fraction of sp³-hybridized carbons (Fsp3) is 0.824. The van der Waals surface area contributed by atoms with Gasteiger partial charge in [-0.05, 0) is 30.5 Å². The van der Waals surface area contributed by atoms with E-state index in [-0.39, 0.29) is 5.75 Å². The maximum Gasteiger partial charge on any atom is 0.138 e. The predicted octanol–water partition coefficient (Wildman–Crippen LogP) is 11.7. The predicted molar refractivity (Wildman–Crippen MR) is 162 cm³/mol. The first-order chi connectivity index (χ1) is 17.7. The van der Waals surface area contributed by atoms with Gasteiger partial charge in [0.05, 0.1) is 5.69 Å². The molecule has 2 nitrogen and oxygen atoms in total. The smallest absolute Gasteiger partial charge is 0.138 e. The number of phenolic OH excluding ortho intramolecular Hbond substituents is 1. The summed E-state index contributed by atoms with van der Waals surface area (Å²) in [6.07, 6.45) is 38.4. The van der Waals surface area contributed by atoms with Gasteiger partial charge < -0.3 is 10.8 Å². The Morgan fingerprint density at radius 3 is 1.08 bits per heavy atom. The highest BCUT2D eigenvalue weighted by Crippen LogP contribution is 2.22. The molecule has 1 aromatic rings. The van der Waals surface area contributed by atoms with Gasteiger partial charge in [-0.25, -0.2) is 0 Å². The Morgan fingerprint density at radius 1 is 0.472 bits per heavy atom. The van der Waals surface area contributed by atoms with E-state index < -0.39 is 0 Å². The first-order valence-electron chi connectivity index (χ1n) is 16.3. The number of rotatable bonds is 27. The van der Waals surface area contributed by atoms with Crippen LogP contribution in [0, 0.1) is 0 Å². The molecule has 1 rings (SSSR count). The molecule has 0 heterocycles. The highest BCUT2D eigenvalue weighted by atomic mass is 16.3. The number of benzene rings is 1. The van der Waals surface area contributed by atoms with E-state index >= 15 is 0 Å². The second-order valence-corrected chi connectivity index (χ2v) is 11.5. The molecule has 0 aliphatic heterocycles. The molecule has 1 aromatic carbocycles. The monoisotopic (exact) mass is 501 g/mol. The maximum atomic E-state index is 9.49.